The number of rotatable bonds is 0. The van der Waals surface area contributed by atoms with Gasteiger partial charge in [0.1, 0.15) is 11.2 Å². The molecule has 2 heterocycles. The SMILES string of the molecule is CC1O[P+]2(OC(C)(C)C(C)(C)O2)N(C)C1=O. The molecule has 1 unspecified atom stereocenters. The molecule has 0 aromatic heterocycles. The summed E-state index contributed by atoms with van der Waals surface area (Å²) in [5, 5.41) is 0. The molecule has 0 bridgehead atoms. The van der Waals surface area contributed by atoms with E-state index in [0.29, 0.717) is 0 Å². The zero-order chi connectivity index (χ0) is 12.4. The van der Waals surface area contributed by atoms with Crippen LogP contribution in [0.25, 0.3) is 0 Å². The minimum Gasteiger partial charge on any atom is -0.268 e. The van der Waals surface area contributed by atoms with E-state index < -0.39 is 25.4 Å². The van der Waals surface area contributed by atoms with Gasteiger partial charge in [0.2, 0.25) is 0 Å². The second kappa shape index (κ2) is 3.16. The lowest BCUT2D eigenvalue weighted by Gasteiger charge is -2.24. The Balaban J connectivity index is 2.35. The Morgan fingerprint density at radius 1 is 1.19 bits per heavy atom. The fourth-order valence-corrected chi connectivity index (χ4v) is 4.68. The fourth-order valence-electron chi connectivity index (χ4n) is 1.68. The first-order chi connectivity index (χ1) is 7.11. The van der Waals surface area contributed by atoms with Crippen molar-refractivity contribution in [2.24, 2.45) is 0 Å². The van der Waals surface area contributed by atoms with Crippen LogP contribution < -0.4 is 0 Å². The van der Waals surface area contributed by atoms with Crippen molar-refractivity contribution < 1.29 is 18.4 Å². The van der Waals surface area contributed by atoms with E-state index in [0.717, 1.165) is 0 Å². The first-order valence-electron chi connectivity index (χ1n) is 5.38. The molecular weight excluding hydrogens is 229 g/mol. The fraction of sp³-hybridized carbons (Fsp3) is 0.900. The van der Waals surface area contributed by atoms with Gasteiger partial charge >= 0.3 is 8.09 Å². The van der Waals surface area contributed by atoms with Crippen LogP contribution in [-0.2, 0) is 18.4 Å². The van der Waals surface area contributed by atoms with Crippen LogP contribution in [0.2, 0.25) is 0 Å². The van der Waals surface area contributed by atoms with Gasteiger partial charge in [-0.25, -0.2) is 0 Å². The summed E-state index contributed by atoms with van der Waals surface area (Å²) < 4.78 is 19.0. The zero-order valence-corrected chi connectivity index (χ0v) is 11.5. The topological polar surface area (TPSA) is 48.0 Å². The van der Waals surface area contributed by atoms with E-state index in [1.807, 2.05) is 27.7 Å². The van der Waals surface area contributed by atoms with Crippen molar-refractivity contribution >= 4 is 14.0 Å². The highest BCUT2D eigenvalue weighted by Crippen LogP contribution is 2.77. The van der Waals surface area contributed by atoms with Crippen molar-refractivity contribution in [3.8, 4) is 0 Å². The van der Waals surface area contributed by atoms with E-state index in [9.17, 15) is 4.79 Å². The molecule has 92 valence electrons. The van der Waals surface area contributed by atoms with Crippen LogP contribution in [0.4, 0.5) is 0 Å². The van der Waals surface area contributed by atoms with E-state index >= 15 is 0 Å². The third kappa shape index (κ3) is 1.42. The molecule has 2 fully saturated rings. The summed E-state index contributed by atoms with van der Waals surface area (Å²) in [4.78, 5) is 11.8. The number of carbonyl (C=O) groups is 1. The molecule has 0 aliphatic carbocycles. The maximum absolute atomic E-state index is 11.8. The quantitative estimate of drug-likeness (QED) is 0.616. The van der Waals surface area contributed by atoms with E-state index in [-0.39, 0.29) is 5.91 Å². The van der Waals surface area contributed by atoms with Gasteiger partial charge in [-0.2, -0.15) is 0 Å². The maximum Gasteiger partial charge on any atom is 0.535 e. The predicted octanol–water partition coefficient (Wildman–Crippen LogP) is 2.15. The average Bonchev–Trinajstić information content (AvgIpc) is 2.40. The molecule has 1 atom stereocenters. The summed E-state index contributed by atoms with van der Waals surface area (Å²) in [5.74, 6) is -0.0816. The van der Waals surface area contributed by atoms with Gasteiger partial charge in [0, 0.05) is 0 Å². The van der Waals surface area contributed by atoms with Crippen molar-refractivity contribution in [1.82, 2.24) is 4.67 Å². The Kier molecular flexibility index (Phi) is 2.42. The molecule has 5 nitrogen and oxygen atoms in total. The van der Waals surface area contributed by atoms with Gasteiger partial charge < -0.3 is 0 Å². The Hall–Kier alpha value is -0.220. The Morgan fingerprint density at radius 3 is 1.94 bits per heavy atom. The third-order valence-electron chi connectivity index (χ3n) is 3.46. The molecule has 2 saturated heterocycles. The van der Waals surface area contributed by atoms with Crippen molar-refractivity contribution in [3.05, 3.63) is 0 Å². The molecule has 16 heavy (non-hydrogen) atoms. The number of hydrogen-bond acceptors (Lipinski definition) is 4. The summed E-state index contributed by atoms with van der Waals surface area (Å²) in [5.41, 5.74) is -0.946. The van der Waals surface area contributed by atoms with Crippen molar-refractivity contribution in [2.45, 2.75) is 51.9 Å². The summed E-state index contributed by atoms with van der Waals surface area (Å²) in [6.07, 6.45) is -0.483. The Bertz CT molecular complexity index is 326. The van der Waals surface area contributed by atoms with Gasteiger partial charge in [0.15, 0.2) is 6.10 Å². The van der Waals surface area contributed by atoms with Gasteiger partial charge in [0.05, 0.1) is 7.05 Å². The number of hydrogen-bond donors (Lipinski definition) is 0. The Morgan fingerprint density at radius 2 is 1.62 bits per heavy atom. The predicted molar refractivity (Wildman–Crippen MR) is 60.6 cm³/mol. The van der Waals surface area contributed by atoms with Gasteiger partial charge in [-0.15, -0.1) is 18.2 Å². The first-order valence-corrected chi connectivity index (χ1v) is 6.88. The highest BCUT2D eigenvalue weighted by molar-refractivity contribution is 7.60. The molecule has 1 amide bonds. The highest BCUT2D eigenvalue weighted by Gasteiger charge is 2.75. The lowest BCUT2D eigenvalue weighted by Crippen LogP contribution is -2.41. The van der Waals surface area contributed by atoms with Crippen molar-refractivity contribution in [3.63, 3.8) is 0 Å². The summed E-state index contributed by atoms with van der Waals surface area (Å²) >= 11 is 0. The number of amides is 1. The molecule has 0 saturated carbocycles. The standard InChI is InChI=1S/C10H19NO4P/c1-7-8(12)11(6)16(13-7)14-9(2,3)10(4,5)15-16/h7H,1-6H3/q+1. The lowest BCUT2D eigenvalue weighted by molar-refractivity contribution is -0.128. The van der Waals surface area contributed by atoms with Gasteiger partial charge in [-0.05, 0) is 34.6 Å². The minimum atomic E-state index is -2.66. The second-order valence-corrected chi connectivity index (χ2v) is 7.39. The minimum absolute atomic E-state index is 0.0816. The molecule has 0 N–H and O–H groups in total. The Labute approximate surface area is 96.7 Å². The van der Waals surface area contributed by atoms with Crippen LogP contribution >= 0.6 is 8.09 Å². The number of carbonyl (C=O) groups excluding carboxylic acids is 1. The zero-order valence-electron chi connectivity index (χ0n) is 10.6. The second-order valence-electron chi connectivity index (χ2n) is 5.28. The normalized spacial score (nSPS) is 35.0. The summed E-state index contributed by atoms with van der Waals surface area (Å²) in [6, 6.07) is 0. The smallest absolute Gasteiger partial charge is 0.268 e. The molecule has 0 aromatic rings. The van der Waals surface area contributed by atoms with Crippen molar-refractivity contribution in [1.29, 1.82) is 0 Å². The number of nitrogens with zero attached hydrogens (tertiary/aromatic N) is 1. The van der Waals surface area contributed by atoms with Crippen LogP contribution in [0, 0.1) is 0 Å². The lowest BCUT2D eigenvalue weighted by atomic mass is 9.90. The maximum atomic E-state index is 11.8. The summed E-state index contributed by atoms with van der Waals surface area (Å²) in [7, 11) is -0.982. The molecule has 0 radical (unpaired) electrons. The van der Waals surface area contributed by atoms with E-state index in [1.165, 1.54) is 4.67 Å². The van der Waals surface area contributed by atoms with Crippen molar-refractivity contribution in [2.75, 3.05) is 7.05 Å². The molecule has 2 aliphatic rings. The van der Waals surface area contributed by atoms with Crippen LogP contribution in [0.3, 0.4) is 0 Å². The molecule has 6 heteroatoms. The molecular formula is C10H19NO4P+. The van der Waals surface area contributed by atoms with Crippen LogP contribution in [0.1, 0.15) is 34.6 Å². The van der Waals surface area contributed by atoms with Gasteiger partial charge in [0.25, 0.3) is 5.91 Å². The van der Waals surface area contributed by atoms with Gasteiger partial charge in [-0.1, -0.05) is 0 Å². The first kappa shape index (κ1) is 12.2. The highest BCUT2D eigenvalue weighted by atomic mass is 31.2. The van der Waals surface area contributed by atoms with E-state index in [2.05, 4.69) is 0 Å². The molecule has 0 aromatic carbocycles. The average molecular weight is 248 g/mol. The summed E-state index contributed by atoms with van der Waals surface area (Å²) in [6.45, 7) is 9.52. The third-order valence-corrected chi connectivity index (χ3v) is 6.35. The monoisotopic (exact) mass is 248 g/mol. The van der Waals surface area contributed by atoms with Crippen LogP contribution in [0.5, 0.6) is 0 Å². The molecule has 2 rings (SSSR count). The number of likely N-dealkylation sites (N-methyl/N-ethyl adjacent to an activating group) is 1. The van der Waals surface area contributed by atoms with Crippen LogP contribution in [-0.4, -0.2) is 34.9 Å². The van der Waals surface area contributed by atoms with E-state index in [1.54, 1.807) is 14.0 Å². The largest absolute Gasteiger partial charge is 0.535 e. The molecule has 2 aliphatic heterocycles. The van der Waals surface area contributed by atoms with E-state index in [4.69, 9.17) is 13.6 Å². The molecule has 1 spiro atoms. The van der Waals surface area contributed by atoms with Gasteiger partial charge in [-0.3, -0.25) is 4.79 Å². The van der Waals surface area contributed by atoms with Crippen LogP contribution in [0.15, 0.2) is 0 Å².